The summed E-state index contributed by atoms with van der Waals surface area (Å²) in [4.78, 5) is 13.1. The summed E-state index contributed by atoms with van der Waals surface area (Å²) in [5, 5.41) is 0. The van der Waals surface area contributed by atoms with Gasteiger partial charge in [0, 0.05) is 23.5 Å². The minimum Gasteiger partial charge on any atom is -0.310 e. The van der Waals surface area contributed by atoms with Crippen LogP contribution in [0.1, 0.15) is 12.8 Å². The Morgan fingerprint density at radius 2 is 1.83 bits per heavy atom. The fourth-order valence-electron chi connectivity index (χ4n) is 2.52. The molecular weight excluding hydrogens is 399 g/mol. The van der Waals surface area contributed by atoms with Crippen LogP contribution in [-0.2, 0) is 14.8 Å². The van der Waals surface area contributed by atoms with Crippen LogP contribution in [0.5, 0.6) is 0 Å². The van der Waals surface area contributed by atoms with Crippen LogP contribution in [0.15, 0.2) is 51.8 Å². The molecule has 0 aromatic heterocycles. The summed E-state index contributed by atoms with van der Waals surface area (Å²) in [6, 6.07) is 10.0. The molecule has 0 atom stereocenters. The van der Waals surface area contributed by atoms with Crippen LogP contribution in [0, 0.1) is 5.82 Å². The average Bonchev–Trinajstić information content (AvgIpc) is 2.93. The van der Waals surface area contributed by atoms with Crippen LogP contribution in [0.25, 0.3) is 0 Å². The number of nitrogens with zero attached hydrogens (tertiary/aromatic N) is 1. The molecule has 0 aliphatic carbocycles. The predicted octanol–water partition coefficient (Wildman–Crippen LogP) is 3.52. The quantitative estimate of drug-likeness (QED) is 0.835. The first-order valence-electron chi connectivity index (χ1n) is 7.25. The van der Waals surface area contributed by atoms with Crippen LogP contribution in [0.4, 0.5) is 15.8 Å². The van der Waals surface area contributed by atoms with E-state index in [1.165, 1.54) is 29.2 Å². The number of sulfonamides is 1. The van der Waals surface area contributed by atoms with Gasteiger partial charge in [0.25, 0.3) is 10.0 Å². The smallest absolute Gasteiger partial charge is 0.261 e. The van der Waals surface area contributed by atoms with E-state index in [4.69, 9.17) is 0 Å². The lowest BCUT2D eigenvalue weighted by Gasteiger charge is -2.17. The molecule has 1 saturated heterocycles. The number of amides is 1. The van der Waals surface area contributed by atoms with Crippen molar-refractivity contribution in [2.45, 2.75) is 17.7 Å². The van der Waals surface area contributed by atoms with E-state index < -0.39 is 15.8 Å². The van der Waals surface area contributed by atoms with Crippen molar-refractivity contribution in [2.24, 2.45) is 0 Å². The zero-order chi connectivity index (χ0) is 17.3. The molecule has 1 N–H and O–H groups in total. The number of carbonyl (C=O) groups excluding carboxylic acids is 1. The number of anilines is 2. The first-order valence-corrected chi connectivity index (χ1v) is 9.53. The van der Waals surface area contributed by atoms with Gasteiger partial charge in [0.15, 0.2) is 0 Å². The van der Waals surface area contributed by atoms with Crippen LogP contribution in [0.3, 0.4) is 0 Å². The summed E-state index contributed by atoms with van der Waals surface area (Å²) in [6.45, 7) is 0.472. The highest BCUT2D eigenvalue weighted by Gasteiger charge is 2.24. The monoisotopic (exact) mass is 412 g/mol. The van der Waals surface area contributed by atoms with E-state index in [9.17, 15) is 17.6 Å². The van der Waals surface area contributed by atoms with Gasteiger partial charge in [-0.3, -0.25) is 9.52 Å². The van der Waals surface area contributed by atoms with E-state index >= 15 is 0 Å². The Kier molecular flexibility index (Phi) is 4.60. The number of halogens is 2. The Morgan fingerprint density at radius 3 is 2.42 bits per heavy atom. The van der Waals surface area contributed by atoms with Crippen molar-refractivity contribution in [2.75, 3.05) is 16.2 Å². The normalized spacial score (nSPS) is 14.9. The lowest BCUT2D eigenvalue weighted by Crippen LogP contribution is -2.24. The van der Waals surface area contributed by atoms with Gasteiger partial charge in [0.1, 0.15) is 5.82 Å². The zero-order valence-electron chi connectivity index (χ0n) is 12.5. The third kappa shape index (κ3) is 3.44. The predicted molar refractivity (Wildman–Crippen MR) is 92.9 cm³/mol. The molecule has 5 nitrogen and oxygen atoms in total. The van der Waals surface area contributed by atoms with Gasteiger partial charge < -0.3 is 4.90 Å². The van der Waals surface area contributed by atoms with E-state index in [2.05, 4.69) is 20.7 Å². The first-order chi connectivity index (χ1) is 11.4. The molecule has 1 heterocycles. The number of hydrogen-bond acceptors (Lipinski definition) is 3. The van der Waals surface area contributed by atoms with Crippen molar-refractivity contribution < 1.29 is 17.6 Å². The highest BCUT2D eigenvalue weighted by atomic mass is 79.9. The molecule has 8 heteroatoms. The van der Waals surface area contributed by atoms with Gasteiger partial charge in [-0.05, 0) is 42.8 Å². The summed E-state index contributed by atoms with van der Waals surface area (Å²) in [7, 11) is -3.81. The molecule has 1 fully saturated rings. The summed E-state index contributed by atoms with van der Waals surface area (Å²) in [5.74, 6) is -0.765. The van der Waals surface area contributed by atoms with Crippen LogP contribution < -0.4 is 9.62 Å². The highest BCUT2D eigenvalue weighted by Crippen LogP contribution is 2.28. The second-order valence-corrected chi connectivity index (χ2v) is 7.97. The third-order valence-electron chi connectivity index (χ3n) is 3.69. The molecule has 0 radical (unpaired) electrons. The average molecular weight is 413 g/mol. The molecule has 0 unspecified atom stereocenters. The fourth-order valence-corrected chi connectivity index (χ4v) is 3.83. The Labute approximate surface area is 147 Å². The Balaban J connectivity index is 1.84. The second-order valence-electron chi connectivity index (χ2n) is 5.37. The van der Waals surface area contributed by atoms with Gasteiger partial charge in [-0.1, -0.05) is 15.9 Å². The Bertz CT molecular complexity index is 885. The van der Waals surface area contributed by atoms with Gasteiger partial charge in [-0.25, -0.2) is 12.8 Å². The van der Waals surface area contributed by atoms with E-state index in [1.807, 2.05) is 0 Å². The van der Waals surface area contributed by atoms with Crippen molar-refractivity contribution in [3.05, 3.63) is 52.8 Å². The fraction of sp³-hybridized carbons (Fsp3) is 0.188. The van der Waals surface area contributed by atoms with Crippen LogP contribution in [-0.4, -0.2) is 20.9 Å². The van der Waals surface area contributed by atoms with Crippen molar-refractivity contribution in [1.82, 2.24) is 0 Å². The topological polar surface area (TPSA) is 66.5 Å². The van der Waals surface area contributed by atoms with Gasteiger partial charge in [-0.15, -0.1) is 0 Å². The lowest BCUT2D eigenvalue weighted by atomic mass is 10.2. The minimum absolute atomic E-state index is 0.0740. The van der Waals surface area contributed by atoms with Crippen LogP contribution >= 0.6 is 15.9 Å². The maximum Gasteiger partial charge on any atom is 0.261 e. The summed E-state index contributed by atoms with van der Waals surface area (Å²) >= 11 is 3.24. The summed E-state index contributed by atoms with van der Waals surface area (Å²) in [6.07, 6.45) is 1.09. The maximum atomic E-state index is 14.3. The van der Waals surface area contributed by atoms with Crippen molar-refractivity contribution in [1.29, 1.82) is 0 Å². The SMILES string of the molecule is O=C1CCCN1c1ccc(NS(=O)(=O)c2ccc(Br)cc2)cc1F. The molecule has 1 aliphatic heterocycles. The number of nitrogens with one attached hydrogen (secondary N) is 1. The van der Waals surface area contributed by atoms with E-state index in [0.29, 0.717) is 19.4 Å². The van der Waals surface area contributed by atoms with Crippen molar-refractivity contribution >= 4 is 43.2 Å². The largest absolute Gasteiger partial charge is 0.310 e. The summed E-state index contributed by atoms with van der Waals surface area (Å²) < 4.78 is 42.0. The molecule has 3 rings (SSSR count). The minimum atomic E-state index is -3.81. The van der Waals surface area contributed by atoms with Crippen LogP contribution in [0.2, 0.25) is 0 Å². The Hall–Kier alpha value is -1.93. The van der Waals surface area contributed by atoms with E-state index in [-0.39, 0.29) is 22.2 Å². The number of rotatable bonds is 4. The number of benzene rings is 2. The van der Waals surface area contributed by atoms with Crippen molar-refractivity contribution in [3.63, 3.8) is 0 Å². The lowest BCUT2D eigenvalue weighted by molar-refractivity contribution is -0.117. The van der Waals surface area contributed by atoms with Gasteiger partial charge in [0.05, 0.1) is 16.3 Å². The number of carbonyl (C=O) groups is 1. The van der Waals surface area contributed by atoms with Crippen molar-refractivity contribution in [3.8, 4) is 0 Å². The molecule has 1 amide bonds. The maximum absolute atomic E-state index is 14.3. The second kappa shape index (κ2) is 6.52. The van der Waals surface area contributed by atoms with E-state index in [1.54, 1.807) is 12.1 Å². The molecule has 2 aromatic rings. The molecule has 24 heavy (non-hydrogen) atoms. The first kappa shape index (κ1) is 16.9. The summed E-state index contributed by atoms with van der Waals surface area (Å²) in [5.41, 5.74) is 0.273. The standard InChI is InChI=1S/C16H14BrFN2O3S/c17-11-3-6-13(7-4-11)24(22,23)19-12-5-8-15(14(18)10-12)20-9-1-2-16(20)21/h3-8,10,19H,1-2,9H2. The molecule has 0 bridgehead atoms. The Morgan fingerprint density at radius 1 is 1.12 bits per heavy atom. The molecule has 0 spiro atoms. The van der Waals surface area contributed by atoms with Gasteiger partial charge >= 0.3 is 0 Å². The highest BCUT2D eigenvalue weighted by molar-refractivity contribution is 9.10. The third-order valence-corrected chi connectivity index (χ3v) is 5.61. The van der Waals surface area contributed by atoms with Gasteiger partial charge in [0.2, 0.25) is 5.91 Å². The zero-order valence-corrected chi connectivity index (χ0v) is 14.9. The van der Waals surface area contributed by atoms with Gasteiger partial charge in [-0.2, -0.15) is 0 Å². The molecule has 0 saturated carbocycles. The molecule has 1 aliphatic rings. The molecule has 126 valence electrons. The van der Waals surface area contributed by atoms with E-state index in [0.717, 1.165) is 10.5 Å². The number of hydrogen-bond donors (Lipinski definition) is 1. The molecular formula is C16H14BrFN2O3S. The molecule has 2 aromatic carbocycles.